The Labute approximate surface area is 106 Å². The number of anilines is 1. The highest BCUT2D eigenvalue weighted by molar-refractivity contribution is 5.90. The third kappa shape index (κ3) is 3.07. The molecule has 0 aliphatic rings. The van der Waals surface area contributed by atoms with E-state index in [4.69, 9.17) is 0 Å². The first-order valence-corrected chi connectivity index (χ1v) is 5.69. The molecule has 0 radical (unpaired) electrons. The van der Waals surface area contributed by atoms with Crippen LogP contribution in [0.2, 0.25) is 0 Å². The Hall–Kier alpha value is -2.36. The van der Waals surface area contributed by atoms with Crippen LogP contribution in [0.4, 0.5) is 5.69 Å². The van der Waals surface area contributed by atoms with Crippen LogP contribution in [0, 0.1) is 6.92 Å². The molecule has 0 atom stereocenters. The second-order valence-electron chi connectivity index (χ2n) is 4.10. The molecule has 0 saturated carbocycles. The number of hydrogen-bond acceptors (Lipinski definition) is 2. The number of carbonyl (C=O) groups excluding carboxylic acids is 1. The number of pyridine rings is 1. The molecule has 1 aromatic heterocycles. The Morgan fingerprint density at radius 2 is 2.06 bits per heavy atom. The molecule has 1 amide bonds. The monoisotopic (exact) mass is 243 g/mol. The van der Waals surface area contributed by atoms with Gasteiger partial charge in [-0.25, -0.2) is 0 Å². The first kappa shape index (κ1) is 12.1. The number of benzene rings is 1. The first-order chi connectivity index (χ1) is 8.65. The summed E-state index contributed by atoms with van der Waals surface area (Å²) in [6.07, 6.45) is 3.24. The highest BCUT2D eigenvalue weighted by Crippen LogP contribution is 2.12. The fourth-order valence-corrected chi connectivity index (χ4v) is 1.68. The second-order valence-corrected chi connectivity index (χ2v) is 4.10. The van der Waals surface area contributed by atoms with Crippen LogP contribution in [-0.2, 0) is 11.3 Å². The van der Waals surface area contributed by atoms with Crippen LogP contribution in [0.15, 0.2) is 48.8 Å². The van der Waals surface area contributed by atoms with E-state index >= 15 is 0 Å². The van der Waals surface area contributed by atoms with Gasteiger partial charge >= 0.3 is 0 Å². The van der Waals surface area contributed by atoms with Gasteiger partial charge in [0.25, 0.3) is 5.91 Å². The van der Waals surface area contributed by atoms with Crippen LogP contribution in [0.25, 0.3) is 0 Å². The molecule has 1 heterocycles. The third-order valence-electron chi connectivity index (χ3n) is 2.59. The molecule has 18 heavy (non-hydrogen) atoms. The van der Waals surface area contributed by atoms with Gasteiger partial charge in [0.1, 0.15) is 0 Å². The minimum Gasteiger partial charge on any atom is -0.503 e. The molecule has 0 aliphatic carbocycles. The molecule has 0 saturated heterocycles. The summed E-state index contributed by atoms with van der Waals surface area (Å²) in [5, 5.41) is 12.1. The highest BCUT2D eigenvalue weighted by atomic mass is 16.3. The van der Waals surface area contributed by atoms with Gasteiger partial charge in [0.05, 0.1) is 0 Å². The minimum absolute atomic E-state index is 0.125. The van der Waals surface area contributed by atoms with Gasteiger partial charge in [0.2, 0.25) is 12.7 Å². The molecule has 2 rings (SSSR count). The van der Waals surface area contributed by atoms with Crippen molar-refractivity contribution in [2.45, 2.75) is 13.5 Å². The van der Waals surface area contributed by atoms with Gasteiger partial charge in [0.15, 0.2) is 11.9 Å². The van der Waals surface area contributed by atoms with Crippen LogP contribution in [0.3, 0.4) is 0 Å². The second kappa shape index (κ2) is 5.31. The molecule has 0 spiro atoms. The average Bonchev–Trinajstić information content (AvgIpc) is 2.32. The molecule has 92 valence electrons. The Balaban J connectivity index is 2.03. The number of nitrogens with zero attached hydrogens (tertiary/aromatic N) is 1. The molecule has 0 aliphatic heterocycles. The molecular weight excluding hydrogens is 228 g/mol. The van der Waals surface area contributed by atoms with E-state index in [1.165, 1.54) is 6.20 Å². The average molecular weight is 243 g/mol. The van der Waals surface area contributed by atoms with Crippen molar-refractivity contribution in [3.05, 3.63) is 54.4 Å². The van der Waals surface area contributed by atoms with Crippen molar-refractivity contribution in [1.82, 2.24) is 0 Å². The summed E-state index contributed by atoms with van der Waals surface area (Å²) in [7, 11) is 0. The topological polar surface area (TPSA) is 53.2 Å². The number of carbonyl (C=O) groups is 1. The summed E-state index contributed by atoms with van der Waals surface area (Å²) < 4.78 is 1.63. The molecule has 2 aromatic rings. The smallest absolute Gasteiger partial charge is 0.290 e. The Bertz CT molecular complexity index is 567. The van der Waals surface area contributed by atoms with Crippen molar-refractivity contribution in [3.8, 4) is 5.75 Å². The number of aromatic hydroxyl groups is 1. The van der Waals surface area contributed by atoms with Crippen molar-refractivity contribution >= 4 is 11.6 Å². The molecule has 1 aromatic carbocycles. The number of hydrogen-bond donors (Lipinski definition) is 2. The number of para-hydroxylation sites is 1. The lowest BCUT2D eigenvalue weighted by atomic mass is 10.2. The van der Waals surface area contributed by atoms with E-state index < -0.39 is 0 Å². The zero-order valence-electron chi connectivity index (χ0n) is 10.1. The van der Waals surface area contributed by atoms with Crippen LogP contribution in [0.1, 0.15) is 5.56 Å². The van der Waals surface area contributed by atoms with E-state index in [1.807, 2.05) is 31.2 Å². The predicted molar refractivity (Wildman–Crippen MR) is 68.1 cm³/mol. The Morgan fingerprint density at radius 3 is 2.78 bits per heavy atom. The maximum Gasteiger partial charge on any atom is 0.290 e. The number of nitrogens with one attached hydrogen (secondary N) is 1. The molecule has 0 fully saturated rings. The third-order valence-corrected chi connectivity index (χ3v) is 2.59. The largest absolute Gasteiger partial charge is 0.503 e. The lowest BCUT2D eigenvalue weighted by molar-refractivity contribution is -0.684. The molecule has 0 unspecified atom stereocenters. The van der Waals surface area contributed by atoms with E-state index in [0.717, 1.165) is 11.3 Å². The molecule has 4 nitrogen and oxygen atoms in total. The summed E-state index contributed by atoms with van der Waals surface area (Å²) in [5.74, 6) is 0.0149. The molecule has 2 N–H and O–H groups in total. The summed E-state index contributed by atoms with van der Waals surface area (Å²) >= 11 is 0. The predicted octanol–water partition coefficient (Wildman–Crippen LogP) is 1.63. The zero-order chi connectivity index (χ0) is 13.0. The van der Waals surface area contributed by atoms with Gasteiger partial charge in [-0.2, -0.15) is 4.57 Å². The number of amides is 1. The lowest BCUT2D eigenvalue weighted by Crippen LogP contribution is -2.39. The van der Waals surface area contributed by atoms with E-state index in [0.29, 0.717) is 0 Å². The highest BCUT2D eigenvalue weighted by Gasteiger charge is 2.10. The normalized spacial score (nSPS) is 10.1. The van der Waals surface area contributed by atoms with E-state index in [9.17, 15) is 9.90 Å². The summed E-state index contributed by atoms with van der Waals surface area (Å²) in [6, 6.07) is 10.9. The number of aromatic nitrogens is 1. The van der Waals surface area contributed by atoms with E-state index in [1.54, 1.807) is 22.9 Å². The van der Waals surface area contributed by atoms with Crippen molar-refractivity contribution in [2.75, 3.05) is 5.32 Å². The van der Waals surface area contributed by atoms with Gasteiger partial charge in [-0.1, -0.05) is 18.2 Å². The van der Waals surface area contributed by atoms with Crippen molar-refractivity contribution < 1.29 is 14.5 Å². The van der Waals surface area contributed by atoms with Gasteiger partial charge in [-0.3, -0.25) is 4.79 Å². The number of rotatable bonds is 3. The van der Waals surface area contributed by atoms with Crippen LogP contribution in [-0.4, -0.2) is 11.0 Å². The Morgan fingerprint density at radius 1 is 1.28 bits per heavy atom. The SMILES string of the molecule is Cc1ccccc1NC(=O)C[n+]1cccc(O)c1. The zero-order valence-corrected chi connectivity index (χ0v) is 10.1. The summed E-state index contributed by atoms with van der Waals surface area (Å²) in [6.45, 7) is 2.11. The Kier molecular flexibility index (Phi) is 3.57. The fourth-order valence-electron chi connectivity index (χ4n) is 1.68. The lowest BCUT2D eigenvalue weighted by Gasteiger charge is -2.06. The first-order valence-electron chi connectivity index (χ1n) is 5.69. The maximum atomic E-state index is 11.8. The van der Waals surface area contributed by atoms with Crippen LogP contribution < -0.4 is 9.88 Å². The standard InChI is InChI=1S/C14H14N2O2/c1-11-5-2-3-7-13(11)15-14(18)10-16-8-4-6-12(17)9-16/h2-9H,10H2,1H3,(H-,15,17,18)/p+1. The molecule has 0 bridgehead atoms. The van der Waals surface area contributed by atoms with Crippen molar-refractivity contribution in [1.29, 1.82) is 0 Å². The summed E-state index contributed by atoms with van der Waals surface area (Å²) in [5.41, 5.74) is 1.83. The van der Waals surface area contributed by atoms with E-state index in [2.05, 4.69) is 5.32 Å². The molecular formula is C14H15N2O2+. The van der Waals surface area contributed by atoms with Gasteiger partial charge in [-0.15, -0.1) is 0 Å². The van der Waals surface area contributed by atoms with Gasteiger partial charge < -0.3 is 10.4 Å². The quantitative estimate of drug-likeness (QED) is 0.805. The van der Waals surface area contributed by atoms with Gasteiger partial charge in [0, 0.05) is 11.8 Å². The maximum absolute atomic E-state index is 11.8. The minimum atomic E-state index is -0.125. The fraction of sp³-hybridized carbons (Fsp3) is 0.143. The van der Waals surface area contributed by atoms with E-state index in [-0.39, 0.29) is 18.2 Å². The van der Waals surface area contributed by atoms with Crippen LogP contribution in [0.5, 0.6) is 5.75 Å². The van der Waals surface area contributed by atoms with Gasteiger partial charge in [-0.05, 0) is 24.6 Å². The molecule has 4 heteroatoms. The van der Waals surface area contributed by atoms with Crippen molar-refractivity contribution in [3.63, 3.8) is 0 Å². The van der Waals surface area contributed by atoms with Crippen molar-refractivity contribution in [2.24, 2.45) is 0 Å². The number of aryl methyl sites for hydroxylation is 1. The van der Waals surface area contributed by atoms with Crippen LogP contribution >= 0.6 is 0 Å². The summed E-state index contributed by atoms with van der Waals surface area (Å²) in [4.78, 5) is 11.8.